The highest BCUT2D eigenvalue weighted by molar-refractivity contribution is 6.02. The lowest BCUT2D eigenvalue weighted by Crippen LogP contribution is -2.48. The van der Waals surface area contributed by atoms with Crippen molar-refractivity contribution in [3.8, 4) is 5.75 Å². The lowest BCUT2D eigenvalue weighted by atomic mass is 9.88. The third-order valence-electron chi connectivity index (χ3n) is 9.56. The summed E-state index contributed by atoms with van der Waals surface area (Å²) >= 11 is 0. The molecule has 4 rings (SSSR count). The lowest BCUT2D eigenvalue weighted by Gasteiger charge is -2.36. The van der Waals surface area contributed by atoms with E-state index in [0.29, 0.717) is 25.3 Å². The Hall–Kier alpha value is -3.84. The van der Waals surface area contributed by atoms with E-state index in [9.17, 15) is 32.7 Å². The zero-order valence-corrected chi connectivity index (χ0v) is 29.4. The second-order valence-electron chi connectivity index (χ2n) is 13.7. The second-order valence-corrected chi connectivity index (χ2v) is 13.7. The molecule has 1 aliphatic heterocycles. The monoisotopic (exact) mass is 704 g/mol. The number of anilines is 2. The Morgan fingerprint density at radius 1 is 0.980 bits per heavy atom. The number of aliphatic hydroxyl groups excluding tert-OH is 1. The van der Waals surface area contributed by atoms with Crippen LogP contribution in [0.25, 0.3) is 0 Å². The van der Waals surface area contributed by atoms with Crippen molar-refractivity contribution in [2.45, 2.75) is 96.6 Å². The van der Waals surface area contributed by atoms with E-state index >= 15 is 0 Å². The van der Waals surface area contributed by atoms with Crippen molar-refractivity contribution in [2.24, 2.45) is 11.8 Å². The number of urea groups is 1. The highest BCUT2D eigenvalue weighted by atomic mass is 19.4. The summed E-state index contributed by atoms with van der Waals surface area (Å²) < 4.78 is 51.5. The van der Waals surface area contributed by atoms with Crippen LogP contribution in [0.4, 0.5) is 29.3 Å². The fourth-order valence-corrected chi connectivity index (χ4v) is 6.52. The van der Waals surface area contributed by atoms with E-state index in [4.69, 9.17) is 9.47 Å². The van der Waals surface area contributed by atoms with E-state index in [1.54, 1.807) is 28.9 Å². The molecule has 2 aromatic carbocycles. The minimum atomic E-state index is -4.50. The molecule has 3 N–H and O–H groups in total. The molecule has 1 saturated carbocycles. The molecule has 4 atom stereocenters. The Morgan fingerprint density at radius 3 is 2.28 bits per heavy atom. The molecule has 0 spiro atoms. The van der Waals surface area contributed by atoms with E-state index in [-0.39, 0.29) is 60.0 Å². The summed E-state index contributed by atoms with van der Waals surface area (Å²) in [5.74, 6) is -0.167. The fraction of sp³-hybridized carbons (Fsp3) is 0.595. The van der Waals surface area contributed by atoms with Crippen molar-refractivity contribution in [2.75, 3.05) is 44.0 Å². The number of alkyl halides is 3. The van der Waals surface area contributed by atoms with Gasteiger partial charge in [-0.15, -0.1) is 0 Å². The molecule has 2 aromatic rings. The quantitative estimate of drug-likeness (QED) is 0.281. The number of halogens is 3. The summed E-state index contributed by atoms with van der Waals surface area (Å²) in [7, 11) is 1.81. The molecule has 0 radical (unpaired) electrons. The number of fused-ring (bicyclic) bond motifs is 1. The Bertz CT molecular complexity index is 1430. The van der Waals surface area contributed by atoms with Crippen LogP contribution in [-0.4, -0.2) is 84.4 Å². The first-order valence-corrected chi connectivity index (χ1v) is 17.6. The number of ether oxygens (including phenoxy) is 2. The van der Waals surface area contributed by atoms with Crippen molar-refractivity contribution >= 4 is 29.2 Å². The maximum absolute atomic E-state index is 14.4. The maximum Gasteiger partial charge on any atom is 0.416 e. The van der Waals surface area contributed by atoms with Gasteiger partial charge in [-0.3, -0.25) is 9.59 Å². The van der Waals surface area contributed by atoms with Gasteiger partial charge >= 0.3 is 12.2 Å². The van der Waals surface area contributed by atoms with Gasteiger partial charge < -0.3 is 35.0 Å². The maximum atomic E-state index is 14.4. The van der Waals surface area contributed by atoms with Crippen LogP contribution < -0.4 is 15.4 Å². The van der Waals surface area contributed by atoms with Crippen LogP contribution in [0.3, 0.4) is 0 Å². The van der Waals surface area contributed by atoms with Crippen LogP contribution in [0.15, 0.2) is 42.5 Å². The summed E-state index contributed by atoms with van der Waals surface area (Å²) in [6, 6.07) is 7.44. The molecule has 0 saturated heterocycles. The van der Waals surface area contributed by atoms with E-state index in [0.717, 1.165) is 69.2 Å². The fourth-order valence-electron chi connectivity index (χ4n) is 6.52. The van der Waals surface area contributed by atoms with Crippen LogP contribution in [0.5, 0.6) is 5.75 Å². The Balaban J connectivity index is 1.57. The molecule has 0 aromatic heterocycles. The van der Waals surface area contributed by atoms with E-state index in [2.05, 4.69) is 10.6 Å². The predicted octanol–water partition coefficient (Wildman–Crippen LogP) is 7.18. The van der Waals surface area contributed by atoms with Crippen LogP contribution in [0, 0.1) is 11.8 Å². The van der Waals surface area contributed by atoms with Crippen molar-refractivity contribution in [1.82, 2.24) is 9.80 Å². The average Bonchev–Trinajstić information content (AvgIpc) is 3.09. The Labute approximate surface area is 292 Å². The zero-order chi connectivity index (χ0) is 36.4. The number of amides is 4. The van der Waals surface area contributed by atoms with Crippen molar-refractivity contribution < 1.29 is 42.1 Å². The minimum Gasteiger partial charge on any atom is -0.490 e. The van der Waals surface area contributed by atoms with Gasteiger partial charge in [-0.2, -0.15) is 13.2 Å². The van der Waals surface area contributed by atoms with E-state index in [1.165, 1.54) is 6.07 Å². The van der Waals surface area contributed by atoms with Gasteiger partial charge in [0.1, 0.15) is 5.75 Å². The third-order valence-corrected chi connectivity index (χ3v) is 9.56. The number of nitrogens with zero attached hydrogens (tertiary/aromatic N) is 2. The van der Waals surface area contributed by atoms with E-state index < -0.39 is 29.7 Å². The molecule has 276 valence electrons. The number of hydrogen-bond donors (Lipinski definition) is 3. The van der Waals surface area contributed by atoms with Gasteiger partial charge in [0.15, 0.2) is 0 Å². The minimum absolute atomic E-state index is 0.0212. The SMILES string of the molecule is C[C@@H]1CCCCO[C@H](CN(C)C(=O)C2CCCCC2)[C@H](C)CN([C@@H](C)CO)C(=O)c2cc(NC(=O)Nc3ccc(C(F)(F)F)cc3)ccc2O1. The number of carbonyl (C=O) groups excluding carboxylic acids is 3. The topological polar surface area (TPSA) is 120 Å². The highest BCUT2D eigenvalue weighted by Gasteiger charge is 2.33. The van der Waals surface area contributed by atoms with Gasteiger partial charge in [-0.1, -0.05) is 26.2 Å². The molecule has 10 nitrogen and oxygen atoms in total. The standard InChI is InChI=1S/C37H51F3N4O6/c1-24-21-44(25(2)23-45)35(47)31-20-30(42-36(48)41-29-15-13-28(14-16-29)37(38,39)40)17-18-32(31)50-26(3)10-8-9-19-49-33(24)22-43(4)34(46)27-11-6-5-7-12-27/h13-18,20,24-27,33,45H,5-12,19,21-23H2,1-4H3,(H2,41,42,48)/t24-,25+,26-,33-/m1/s1. The molecular formula is C37H51F3N4O6. The smallest absolute Gasteiger partial charge is 0.416 e. The largest absolute Gasteiger partial charge is 0.490 e. The van der Waals surface area contributed by atoms with Crippen LogP contribution in [-0.2, 0) is 15.7 Å². The zero-order valence-electron chi connectivity index (χ0n) is 29.4. The molecular weight excluding hydrogens is 653 g/mol. The lowest BCUT2D eigenvalue weighted by molar-refractivity contribution is -0.138. The molecule has 1 aliphatic carbocycles. The summed E-state index contributed by atoms with van der Waals surface area (Å²) in [5, 5.41) is 15.4. The number of carbonyl (C=O) groups is 3. The Morgan fingerprint density at radius 2 is 1.62 bits per heavy atom. The van der Waals surface area contributed by atoms with Gasteiger partial charge in [0, 0.05) is 50.0 Å². The number of nitrogens with one attached hydrogen (secondary N) is 2. The van der Waals surface area contributed by atoms with Crippen molar-refractivity contribution in [1.29, 1.82) is 0 Å². The highest BCUT2D eigenvalue weighted by Crippen LogP contribution is 2.31. The second kappa shape index (κ2) is 17.9. The van der Waals surface area contributed by atoms with Crippen LogP contribution in [0.2, 0.25) is 0 Å². The summed E-state index contributed by atoms with van der Waals surface area (Å²) in [6.07, 6.45) is 2.27. The predicted molar refractivity (Wildman–Crippen MR) is 185 cm³/mol. The molecule has 0 unspecified atom stereocenters. The van der Waals surface area contributed by atoms with Crippen molar-refractivity contribution in [3.63, 3.8) is 0 Å². The van der Waals surface area contributed by atoms with Crippen LogP contribution >= 0.6 is 0 Å². The number of aliphatic hydroxyl groups is 1. The molecule has 2 aliphatic rings. The average molecular weight is 705 g/mol. The van der Waals surface area contributed by atoms with E-state index in [1.807, 2.05) is 20.9 Å². The molecule has 0 bridgehead atoms. The molecule has 50 heavy (non-hydrogen) atoms. The normalized spacial score (nSPS) is 22.0. The summed E-state index contributed by atoms with van der Waals surface area (Å²) in [6.45, 7) is 6.42. The number of likely N-dealkylation sites (N-methyl/N-ethyl adjacent to an activating group) is 1. The summed E-state index contributed by atoms with van der Waals surface area (Å²) in [5.41, 5.74) is -0.249. The molecule has 1 heterocycles. The first kappa shape index (κ1) is 39.0. The Kier molecular flexibility index (Phi) is 13.9. The van der Waals surface area contributed by atoms with Crippen LogP contribution in [0.1, 0.15) is 88.1 Å². The van der Waals surface area contributed by atoms with Gasteiger partial charge in [-0.05, 0) is 88.4 Å². The first-order chi connectivity index (χ1) is 23.8. The van der Waals surface area contributed by atoms with Gasteiger partial charge in [0.25, 0.3) is 5.91 Å². The number of hydrogen-bond acceptors (Lipinski definition) is 6. The summed E-state index contributed by atoms with van der Waals surface area (Å²) in [4.78, 5) is 43.8. The molecule has 4 amide bonds. The van der Waals surface area contributed by atoms with Gasteiger partial charge in [-0.25, -0.2) is 4.79 Å². The van der Waals surface area contributed by atoms with Gasteiger partial charge in [0.05, 0.1) is 36.0 Å². The number of rotatable bonds is 7. The van der Waals surface area contributed by atoms with Crippen molar-refractivity contribution in [3.05, 3.63) is 53.6 Å². The van der Waals surface area contributed by atoms with Gasteiger partial charge in [0.2, 0.25) is 5.91 Å². The third kappa shape index (κ3) is 10.8. The first-order valence-electron chi connectivity index (χ1n) is 17.6. The molecule has 1 fully saturated rings. The molecule has 13 heteroatoms. The number of benzene rings is 2.